The van der Waals surface area contributed by atoms with Gasteiger partial charge in [0.1, 0.15) is 47.6 Å². The fourth-order valence-electron chi connectivity index (χ4n) is 11.2. The van der Waals surface area contributed by atoms with Gasteiger partial charge in [-0.25, -0.2) is 0 Å². The molecule has 2 unspecified atom stereocenters. The Morgan fingerprint density at radius 1 is 0.984 bits per heavy atom. The second-order valence-corrected chi connectivity index (χ2v) is 18.0. The minimum Gasteiger partial charge on any atom is -0.507 e. The summed E-state index contributed by atoms with van der Waals surface area (Å²) in [7, 11) is 1.33. The van der Waals surface area contributed by atoms with Crippen LogP contribution in [0.1, 0.15) is 114 Å². The highest BCUT2D eigenvalue weighted by Crippen LogP contribution is 2.53. The summed E-state index contributed by atoms with van der Waals surface area (Å²) in [4.78, 5) is 83.3. The van der Waals surface area contributed by atoms with Crippen LogP contribution in [-0.4, -0.2) is 141 Å². The molecule has 9 rings (SSSR count). The molecule has 0 radical (unpaired) electrons. The molecule has 4 saturated heterocycles. The maximum Gasteiger partial charge on any atom is 0.232 e. The van der Waals surface area contributed by atoms with Gasteiger partial charge in [-0.05, 0) is 57.9 Å². The predicted octanol–water partition coefficient (Wildman–Crippen LogP) is 2.27. The van der Waals surface area contributed by atoms with E-state index in [0.29, 0.717) is 19.7 Å². The quantitative estimate of drug-likeness (QED) is 0.169. The Hall–Kier alpha value is -4.62. The number of imide groups is 1. The number of aliphatic hydroxyl groups excluding tert-OH is 1. The number of phenols is 2. The van der Waals surface area contributed by atoms with E-state index in [4.69, 9.17) is 23.7 Å². The first-order chi connectivity index (χ1) is 29.6. The first kappa shape index (κ1) is 42.7. The van der Waals surface area contributed by atoms with E-state index in [2.05, 4.69) is 4.90 Å². The van der Waals surface area contributed by atoms with Crippen LogP contribution in [0, 0.1) is 17.8 Å². The molecule has 7 aliphatic rings. The molecular weight excluding hydrogens is 808 g/mol. The number of likely N-dealkylation sites (tertiary alicyclic amines) is 1. The number of ether oxygens (including phenoxy) is 5. The van der Waals surface area contributed by atoms with Gasteiger partial charge in [0, 0.05) is 73.3 Å². The van der Waals surface area contributed by atoms with Crippen LogP contribution in [-0.2, 0) is 44.5 Å². The standard InChI is InChI=1S/C45H52N2O15/c1-20(49)23-9-7-22(8-10-23)18-47-32(51)14-24(43(47)56)13-29-44-46(11-12-59-29)27-15-33(60-21(2)42(27)62-44)61-30-17-45(57,31(50)19-48)16-26-35(30)41(55)37-36(39(26)53)38(52)25-5-4-6-28(58-3)34(25)40(37)54/h4-6,21-24,27,29-30,33,42,44,48,53,55,57H,7-19H2,1-3H3/t21-,22?,23?,24?,27-,29?,30-,33-,42+,44+,45-/m0/s1. The van der Waals surface area contributed by atoms with Gasteiger partial charge in [0.15, 0.2) is 17.9 Å². The summed E-state index contributed by atoms with van der Waals surface area (Å²) in [6, 6.07) is 4.10. The van der Waals surface area contributed by atoms with Crippen LogP contribution >= 0.6 is 0 Å². The van der Waals surface area contributed by atoms with Crippen molar-refractivity contribution in [3.8, 4) is 17.2 Å². The van der Waals surface area contributed by atoms with Crippen LogP contribution in [0.5, 0.6) is 17.2 Å². The Morgan fingerprint density at radius 3 is 2.44 bits per heavy atom. The molecule has 2 amide bonds. The second-order valence-electron chi connectivity index (χ2n) is 18.0. The fourth-order valence-corrected chi connectivity index (χ4v) is 11.2. The Kier molecular flexibility index (Phi) is 11.1. The summed E-state index contributed by atoms with van der Waals surface area (Å²) in [5, 5.41) is 45.3. The molecule has 17 heteroatoms. The van der Waals surface area contributed by atoms with Crippen molar-refractivity contribution in [2.24, 2.45) is 17.8 Å². The number of carbonyl (C=O) groups excluding carboxylic acids is 6. The number of methoxy groups -OCH3 is 1. The number of hydrogen-bond acceptors (Lipinski definition) is 16. The number of rotatable bonds is 10. The van der Waals surface area contributed by atoms with Crippen LogP contribution in [0.2, 0.25) is 0 Å². The lowest BCUT2D eigenvalue weighted by molar-refractivity contribution is -0.247. The first-order valence-corrected chi connectivity index (χ1v) is 21.6. The molecule has 0 spiro atoms. The minimum absolute atomic E-state index is 0.0461. The highest BCUT2D eigenvalue weighted by atomic mass is 16.7. The third kappa shape index (κ3) is 6.96. The van der Waals surface area contributed by atoms with Crippen LogP contribution < -0.4 is 4.74 Å². The number of hydrogen-bond donors (Lipinski definition) is 4. The number of morpholine rings is 1. The summed E-state index contributed by atoms with van der Waals surface area (Å²) >= 11 is 0. The summed E-state index contributed by atoms with van der Waals surface area (Å²) in [5.41, 5.74) is -3.69. The fraction of sp³-hybridized carbons (Fsp3) is 0.600. The maximum atomic E-state index is 14.1. The molecule has 5 fully saturated rings. The van der Waals surface area contributed by atoms with Crippen molar-refractivity contribution in [1.82, 2.24) is 9.80 Å². The number of nitrogens with zero attached hydrogens (tertiary/aromatic N) is 2. The smallest absolute Gasteiger partial charge is 0.232 e. The van der Waals surface area contributed by atoms with E-state index in [1.807, 2.05) is 0 Å². The molecule has 2 aromatic carbocycles. The van der Waals surface area contributed by atoms with Crippen molar-refractivity contribution >= 4 is 34.9 Å². The molecule has 3 aliphatic carbocycles. The van der Waals surface area contributed by atoms with Gasteiger partial charge >= 0.3 is 0 Å². The number of fused-ring (bicyclic) bond motifs is 6. The predicted molar refractivity (Wildman–Crippen MR) is 212 cm³/mol. The second kappa shape index (κ2) is 16.2. The molecule has 332 valence electrons. The third-order valence-electron chi connectivity index (χ3n) is 14.5. The minimum atomic E-state index is -2.29. The number of benzene rings is 2. The van der Waals surface area contributed by atoms with Gasteiger partial charge in [-0.1, -0.05) is 12.1 Å². The van der Waals surface area contributed by atoms with Crippen LogP contribution in [0.3, 0.4) is 0 Å². The molecule has 1 saturated carbocycles. The monoisotopic (exact) mass is 860 g/mol. The third-order valence-corrected chi connectivity index (χ3v) is 14.5. The van der Waals surface area contributed by atoms with E-state index in [1.165, 1.54) is 30.2 Å². The highest BCUT2D eigenvalue weighted by Gasteiger charge is 2.56. The highest BCUT2D eigenvalue weighted by molar-refractivity contribution is 6.31. The van der Waals surface area contributed by atoms with Crippen LogP contribution in [0.15, 0.2) is 18.2 Å². The van der Waals surface area contributed by atoms with Gasteiger partial charge in [-0.15, -0.1) is 0 Å². The molecule has 0 aromatic heterocycles. The van der Waals surface area contributed by atoms with Crippen molar-refractivity contribution in [1.29, 1.82) is 0 Å². The summed E-state index contributed by atoms with van der Waals surface area (Å²) < 4.78 is 31.1. The van der Waals surface area contributed by atoms with E-state index in [0.717, 1.165) is 25.7 Å². The Bertz CT molecular complexity index is 2240. The number of Topliss-reactive ketones (excluding diaryl/α,β-unsaturated/α-hetero) is 2. The molecule has 17 nitrogen and oxygen atoms in total. The number of ketones is 4. The molecule has 0 bridgehead atoms. The topological polar surface area (TPSA) is 236 Å². The van der Waals surface area contributed by atoms with Gasteiger partial charge in [0.25, 0.3) is 0 Å². The van der Waals surface area contributed by atoms with Crippen LogP contribution in [0.25, 0.3) is 0 Å². The first-order valence-electron chi connectivity index (χ1n) is 21.6. The summed E-state index contributed by atoms with van der Waals surface area (Å²) in [6.45, 7) is 3.54. The van der Waals surface area contributed by atoms with Gasteiger partial charge in [-0.2, -0.15) is 0 Å². The van der Waals surface area contributed by atoms with Crippen molar-refractivity contribution in [3.63, 3.8) is 0 Å². The van der Waals surface area contributed by atoms with Crippen LogP contribution in [0.4, 0.5) is 0 Å². The number of aromatic hydroxyl groups is 2. The van der Waals surface area contributed by atoms with E-state index in [1.54, 1.807) is 13.8 Å². The van der Waals surface area contributed by atoms with E-state index >= 15 is 0 Å². The lowest BCUT2D eigenvalue weighted by Crippen LogP contribution is -2.55. The molecule has 4 aliphatic heterocycles. The number of phenolic OH excluding ortho intramolecular Hbond substituents is 2. The molecule has 9 atom stereocenters. The molecular formula is C45H52N2O15. The lowest BCUT2D eigenvalue weighted by Gasteiger charge is -2.43. The zero-order chi connectivity index (χ0) is 43.9. The number of amides is 2. The number of carbonyl (C=O) groups is 6. The zero-order valence-corrected chi connectivity index (χ0v) is 34.9. The maximum absolute atomic E-state index is 14.1. The normalized spacial score (nSPS) is 34.3. The van der Waals surface area contributed by atoms with Crippen molar-refractivity contribution in [2.45, 2.75) is 120 Å². The molecule has 2 aromatic rings. The zero-order valence-electron chi connectivity index (χ0n) is 34.9. The van der Waals surface area contributed by atoms with Crippen molar-refractivity contribution < 1.29 is 72.9 Å². The SMILES string of the molecule is COc1cccc2c1C(=O)c1c(O)c3c(c(O)c1C2=O)C[C@@](O)(C(=O)CO)C[C@@H]3O[C@H]1C[C@H]2[C@H](O[C@@H]3C(CC4CC(=O)N(CC5CCC(C(C)=O)CC5)C4=O)OCCN32)[C@H](C)O1. The van der Waals surface area contributed by atoms with Gasteiger partial charge in [-0.3, -0.25) is 38.6 Å². The van der Waals surface area contributed by atoms with E-state index in [9.17, 15) is 49.2 Å². The van der Waals surface area contributed by atoms with Crippen molar-refractivity contribution in [2.75, 3.05) is 33.4 Å². The number of aliphatic hydroxyl groups is 2. The Labute approximate surface area is 357 Å². The average Bonchev–Trinajstić information content (AvgIpc) is 3.76. The molecule has 4 heterocycles. The lowest BCUT2D eigenvalue weighted by atomic mass is 9.72. The summed E-state index contributed by atoms with van der Waals surface area (Å²) in [6.07, 6.45) is -1.95. The van der Waals surface area contributed by atoms with E-state index < -0.39 is 108 Å². The van der Waals surface area contributed by atoms with Gasteiger partial charge < -0.3 is 44.1 Å². The van der Waals surface area contributed by atoms with E-state index in [-0.39, 0.29) is 82.7 Å². The van der Waals surface area contributed by atoms with Gasteiger partial charge in [0.05, 0.1) is 48.7 Å². The molecule has 4 N–H and O–H groups in total. The Balaban J connectivity index is 0.942. The Morgan fingerprint density at radius 2 is 1.73 bits per heavy atom. The average molecular weight is 861 g/mol. The van der Waals surface area contributed by atoms with Crippen molar-refractivity contribution in [3.05, 3.63) is 51.6 Å². The largest absolute Gasteiger partial charge is 0.507 e. The molecule has 62 heavy (non-hydrogen) atoms. The van der Waals surface area contributed by atoms with Gasteiger partial charge in [0.2, 0.25) is 17.6 Å². The summed E-state index contributed by atoms with van der Waals surface area (Å²) in [5.74, 6) is -4.41.